The second-order valence-corrected chi connectivity index (χ2v) is 6.07. The molecule has 0 atom stereocenters. The number of benzene rings is 2. The molecule has 5 nitrogen and oxygen atoms in total. The molecule has 0 unspecified atom stereocenters. The summed E-state index contributed by atoms with van der Waals surface area (Å²) in [5, 5.41) is 5.68. The third-order valence-electron chi connectivity index (χ3n) is 4.24. The van der Waals surface area contributed by atoms with Crippen molar-refractivity contribution in [2.75, 3.05) is 11.9 Å². The third kappa shape index (κ3) is 3.62. The van der Waals surface area contributed by atoms with Gasteiger partial charge in [-0.1, -0.05) is 42.5 Å². The normalized spacial score (nSPS) is 10.8. The molecule has 0 saturated carbocycles. The zero-order valence-electron chi connectivity index (χ0n) is 14.1. The van der Waals surface area contributed by atoms with E-state index in [1.807, 2.05) is 24.3 Å². The van der Waals surface area contributed by atoms with Crippen LogP contribution in [0.4, 0.5) is 5.95 Å². The number of fused-ring (bicyclic) bond motifs is 1. The van der Waals surface area contributed by atoms with Crippen LogP contribution in [0, 0.1) is 0 Å². The number of aromatic nitrogens is 3. The van der Waals surface area contributed by atoms with E-state index in [1.165, 1.54) is 22.4 Å². The summed E-state index contributed by atoms with van der Waals surface area (Å²) in [5.74, 6) is 0.477. The lowest BCUT2D eigenvalue weighted by Crippen LogP contribution is -2.14. The zero-order chi connectivity index (χ0) is 17.8. The second-order valence-electron chi connectivity index (χ2n) is 6.07. The van der Waals surface area contributed by atoms with Gasteiger partial charge in [0.05, 0.1) is 5.69 Å². The van der Waals surface area contributed by atoms with Gasteiger partial charge in [-0.25, -0.2) is 4.98 Å². The first-order chi connectivity index (χ1) is 12.8. The summed E-state index contributed by atoms with van der Waals surface area (Å²) in [5.41, 5.74) is 2.55. The third-order valence-corrected chi connectivity index (χ3v) is 4.24. The van der Waals surface area contributed by atoms with E-state index < -0.39 is 0 Å². The first kappa shape index (κ1) is 16.0. The van der Waals surface area contributed by atoms with Crippen LogP contribution >= 0.6 is 0 Å². The van der Waals surface area contributed by atoms with Crippen LogP contribution in [0.2, 0.25) is 0 Å². The average molecular weight is 342 g/mol. The number of hydrogen-bond acceptors (Lipinski definition) is 4. The maximum absolute atomic E-state index is 11.9. The molecule has 2 N–H and O–H groups in total. The van der Waals surface area contributed by atoms with Crippen molar-refractivity contribution in [1.29, 1.82) is 0 Å². The van der Waals surface area contributed by atoms with Crippen molar-refractivity contribution in [1.82, 2.24) is 15.0 Å². The Morgan fingerprint density at radius 1 is 0.923 bits per heavy atom. The van der Waals surface area contributed by atoms with E-state index in [-0.39, 0.29) is 5.56 Å². The lowest BCUT2D eigenvalue weighted by molar-refractivity contribution is 0.979. The molecule has 2 aromatic heterocycles. The summed E-state index contributed by atoms with van der Waals surface area (Å²) in [6, 6.07) is 19.9. The van der Waals surface area contributed by atoms with E-state index in [9.17, 15) is 4.79 Å². The van der Waals surface area contributed by atoms with E-state index in [4.69, 9.17) is 0 Å². The van der Waals surface area contributed by atoms with Gasteiger partial charge in [0.1, 0.15) is 0 Å². The molecule has 128 valence electrons. The lowest BCUT2D eigenvalue weighted by Gasteiger charge is -2.08. The molecule has 4 aromatic rings. The number of hydrogen-bond donors (Lipinski definition) is 2. The van der Waals surface area contributed by atoms with Gasteiger partial charge in [0.15, 0.2) is 0 Å². The van der Waals surface area contributed by atoms with Gasteiger partial charge in [0, 0.05) is 30.6 Å². The highest BCUT2D eigenvalue weighted by Crippen LogP contribution is 2.17. The van der Waals surface area contributed by atoms with Crippen molar-refractivity contribution in [3.63, 3.8) is 0 Å². The number of H-pyrrole nitrogens is 1. The minimum atomic E-state index is -0.181. The molecule has 0 radical (unpaired) electrons. The van der Waals surface area contributed by atoms with Crippen LogP contribution in [0.25, 0.3) is 22.0 Å². The van der Waals surface area contributed by atoms with Crippen molar-refractivity contribution in [2.45, 2.75) is 6.42 Å². The molecule has 0 amide bonds. The topological polar surface area (TPSA) is 70.7 Å². The van der Waals surface area contributed by atoms with Crippen molar-refractivity contribution >= 4 is 16.7 Å². The van der Waals surface area contributed by atoms with Crippen LogP contribution in [0.1, 0.15) is 5.56 Å². The summed E-state index contributed by atoms with van der Waals surface area (Å²) in [6.45, 7) is 0.682. The lowest BCUT2D eigenvalue weighted by atomic mass is 10.1. The van der Waals surface area contributed by atoms with Crippen LogP contribution in [0.5, 0.6) is 0 Å². The Bertz CT molecular complexity index is 1090. The fraction of sp³-hybridized carbons (Fsp3) is 0.0952. The van der Waals surface area contributed by atoms with Gasteiger partial charge in [-0.05, 0) is 34.9 Å². The number of rotatable bonds is 5. The van der Waals surface area contributed by atoms with Crippen molar-refractivity contribution in [2.24, 2.45) is 0 Å². The van der Waals surface area contributed by atoms with Crippen LogP contribution < -0.4 is 10.9 Å². The summed E-state index contributed by atoms with van der Waals surface area (Å²) in [7, 11) is 0. The van der Waals surface area contributed by atoms with Gasteiger partial charge in [0.2, 0.25) is 5.95 Å². The average Bonchev–Trinajstić information content (AvgIpc) is 2.68. The summed E-state index contributed by atoms with van der Waals surface area (Å²) in [4.78, 5) is 23.1. The van der Waals surface area contributed by atoms with Crippen molar-refractivity contribution in [3.05, 3.63) is 89.0 Å². The predicted molar refractivity (Wildman–Crippen MR) is 104 cm³/mol. The minimum Gasteiger partial charge on any atom is -0.355 e. The maximum atomic E-state index is 11.9. The highest BCUT2D eigenvalue weighted by molar-refractivity contribution is 5.83. The van der Waals surface area contributed by atoms with Crippen LogP contribution in [-0.4, -0.2) is 21.5 Å². The first-order valence-electron chi connectivity index (χ1n) is 8.51. The largest absolute Gasteiger partial charge is 0.355 e. The molecule has 0 aliphatic carbocycles. The molecule has 2 heterocycles. The highest BCUT2D eigenvalue weighted by Gasteiger charge is 2.04. The zero-order valence-corrected chi connectivity index (χ0v) is 14.1. The molecule has 0 aliphatic heterocycles. The maximum Gasteiger partial charge on any atom is 0.252 e. The van der Waals surface area contributed by atoms with Gasteiger partial charge in [-0.2, -0.15) is 0 Å². The van der Waals surface area contributed by atoms with E-state index in [0.717, 1.165) is 12.0 Å². The van der Waals surface area contributed by atoms with Crippen LogP contribution in [-0.2, 0) is 6.42 Å². The highest BCUT2D eigenvalue weighted by atomic mass is 16.1. The number of anilines is 1. The molecule has 0 bridgehead atoms. The van der Waals surface area contributed by atoms with Gasteiger partial charge in [-0.15, -0.1) is 0 Å². The molecule has 0 aliphatic rings. The van der Waals surface area contributed by atoms with Gasteiger partial charge < -0.3 is 5.32 Å². The summed E-state index contributed by atoms with van der Waals surface area (Å²) >= 11 is 0. The monoisotopic (exact) mass is 342 g/mol. The Hall–Kier alpha value is -3.47. The fourth-order valence-corrected chi connectivity index (χ4v) is 2.93. The molecule has 5 heteroatoms. The van der Waals surface area contributed by atoms with Crippen molar-refractivity contribution < 1.29 is 0 Å². The number of nitrogens with one attached hydrogen (secondary N) is 2. The molecular weight excluding hydrogens is 324 g/mol. The van der Waals surface area contributed by atoms with Crippen LogP contribution in [0.15, 0.2) is 77.9 Å². The van der Waals surface area contributed by atoms with E-state index >= 15 is 0 Å². The van der Waals surface area contributed by atoms with E-state index in [2.05, 4.69) is 50.6 Å². The molecule has 2 aromatic carbocycles. The van der Waals surface area contributed by atoms with E-state index in [1.54, 1.807) is 12.4 Å². The molecule has 0 saturated heterocycles. The number of aromatic amines is 1. The number of pyridine rings is 1. The minimum absolute atomic E-state index is 0.181. The van der Waals surface area contributed by atoms with Crippen LogP contribution in [0.3, 0.4) is 0 Å². The molecule has 26 heavy (non-hydrogen) atoms. The van der Waals surface area contributed by atoms with Gasteiger partial charge in [0.25, 0.3) is 5.56 Å². The predicted octanol–water partition coefficient (Wildman–Crippen LogP) is 3.64. The molecule has 4 rings (SSSR count). The SMILES string of the molecule is O=c1cc(-c2ccncc2)nc(NCCc2ccc3ccccc3c2)[nH]1. The molecular formula is C21H18N4O. The summed E-state index contributed by atoms with van der Waals surface area (Å²) < 4.78 is 0. The Kier molecular flexibility index (Phi) is 4.43. The smallest absolute Gasteiger partial charge is 0.252 e. The van der Waals surface area contributed by atoms with Gasteiger partial charge >= 0.3 is 0 Å². The number of nitrogens with zero attached hydrogens (tertiary/aromatic N) is 2. The Balaban J connectivity index is 1.47. The Morgan fingerprint density at radius 3 is 2.58 bits per heavy atom. The Morgan fingerprint density at radius 2 is 1.73 bits per heavy atom. The molecule has 0 fully saturated rings. The first-order valence-corrected chi connectivity index (χ1v) is 8.51. The standard InChI is InChI=1S/C21H18N4O/c26-20-14-19(17-8-10-22-11-9-17)24-21(25-20)23-12-7-15-5-6-16-3-1-2-4-18(16)13-15/h1-6,8-11,13-14H,7,12H2,(H2,23,24,25,26). The van der Waals surface area contributed by atoms with Crippen molar-refractivity contribution in [3.8, 4) is 11.3 Å². The summed E-state index contributed by atoms with van der Waals surface area (Å²) in [6.07, 6.45) is 4.21. The van der Waals surface area contributed by atoms with Gasteiger partial charge in [-0.3, -0.25) is 14.8 Å². The Labute approximate surface area is 150 Å². The molecule has 0 spiro atoms. The fourth-order valence-electron chi connectivity index (χ4n) is 2.93. The quantitative estimate of drug-likeness (QED) is 0.581. The second kappa shape index (κ2) is 7.19. The van der Waals surface area contributed by atoms with E-state index in [0.29, 0.717) is 18.2 Å².